The molecule has 2 aliphatic heterocycles. The third-order valence-corrected chi connectivity index (χ3v) is 6.97. The molecule has 0 bridgehead atoms. The van der Waals surface area contributed by atoms with Gasteiger partial charge in [-0.25, -0.2) is 19.7 Å². The number of aromatic nitrogens is 3. The lowest BCUT2D eigenvalue weighted by molar-refractivity contribution is 0.0357. The number of pyridine rings is 1. The van der Waals surface area contributed by atoms with Crippen molar-refractivity contribution in [3.63, 3.8) is 0 Å². The molecule has 2 aliphatic rings. The maximum atomic E-state index is 11.1. The van der Waals surface area contributed by atoms with E-state index in [-0.39, 0.29) is 6.10 Å². The van der Waals surface area contributed by atoms with Gasteiger partial charge in [-0.1, -0.05) is 11.6 Å². The number of nitrogens with zero attached hydrogens (tertiary/aromatic N) is 5. The molecule has 2 N–H and O–H groups in total. The van der Waals surface area contributed by atoms with E-state index >= 15 is 0 Å². The summed E-state index contributed by atoms with van der Waals surface area (Å²) in [4.78, 5) is 28.0. The lowest BCUT2D eigenvalue weighted by Gasteiger charge is -2.30. The van der Waals surface area contributed by atoms with Crippen LogP contribution in [0.15, 0.2) is 36.8 Å². The zero-order valence-electron chi connectivity index (χ0n) is 21.0. The second-order valence-electron chi connectivity index (χ2n) is 9.28. The number of carboxylic acid groups (broad SMARTS) is 1. The van der Waals surface area contributed by atoms with Crippen molar-refractivity contribution in [3.8, 4) is 11.6 Å². The molecule has 0 atom stereocenters. The highest BCUT2D eigenvalue weighted by atomic mass is 35.5. The number of carbonyl (C=O) groups is 1. The van der Waals surface area contributed by atoms with E-state index in [1.54, 1.807) is 12.3 Å². The number of hydrogen-bond acceptors (Lipinski definition) is 9. The van der Waals surface area contributed by atoms with Crippen LogP contribution in [0.5, 0.6) is 11.6 Å². The van der Waals surface area contributed by atoms with E-state index in [1.807, 2.05) is 18.2 Å². The topological polar surface area (TPSA) is 122 Å². The van der Waals surface area contributed by atoms with E-state index in [9.17, 15) is 4.79 Å². The first-order valence-electron chi connectivity index (χ1n) is 12.8. The van der Waals surface area contributed by atoms with Crippen LogP contribution >= 0.6 is 11.6 Å². The molecule has 2 saturated heterocycles. The molecule has 4 heterocycles. The van der Waals surface area contributed by atoms with Crippen LogP contribution in [0, 0.1) is 0 Å². The van der Waals surface area contributed by atoms with E-state index < -0.39 is 6.09 Å². The molecule has 1 amide bonds. The second-order valence-corrected chi connectivity index (χ2v) is 9.68. The number of hydrogen-bond donors (Lipinski definition) is 2. The number of halogens is 1. The minimum Gasteiger partial charge on any atom is -0.489 e. The van der Waals surface area contributed by atoms with E-state index in [0.29, 0.717) is 60.5 Å². The van der Waals surface area contributed by atoms with Gasteiger partial charge in [-0.15, -0.1) is 0 Å². The quantitative estimate of drug-likeness (QED) is 0.383. The van der Waals surface area contributed by atoms with Gasteiger partial charge in [0.2, 0.25) is 5.88 Å². The molecule has 0 saturated carbocycles. The molecule has 0 aliphatic carbocycles. The Morgan fingerprint density at radius 3 is 2.71 bits per heavy atom. The molecule has 0 radical (unpaired) electrons. The Hall–Kier alpha value is -3.41. The molecular formula is C26H31ClN6O5. The standard InChI is InChI=1S/C26H31ClN6O5/c27-21-14-18(2-3-23(21)38-19-4-7-33(8-5-19)26(34)35)31-25-20-15-24(28-16-22(20)29-17-30-25)37-11-1-6-32-9-12-36-13-10-32/h2-3,14-17,19H,1,4-13H2,(H,34,35)(H,29,30,31). The van der Waals surface area contributed by atoms with Crippen molar-refractivity contribution in [1.82, 2.24) is 24.8 Å². The molecule has 202 valence electrons. The summed E-state index contributed by atoms with van der Waals surface area (Å²) < 4.78 is 17.4. The third-order valence-electron chi connectivity index (χ3n) is 6.67. The number of fused-ring (bicyclic) bond motifs is 1. The van der Waals surface area contributed by atoms with Gasteiger partial charge in [0.1, 0.15) is 24.0 Å². The Labute approximate surface area is 225 Å². The molecule has 2 aromatic heterocycles. The van der Waals surface area contributed by atoms with Crippen molar-refractivity contribution < 1.29 is 24.1 Å². The van der Waals surface area contributed by atoms with Crippen LogP contribution in [0.1, 0.15) is 19.3 Å². The fraction of sp³-hybridized carbons (Fsp3) is 0.462. The first-order valence-corrected chi connectivity index (χ1v) is 13.2. The zero-order chi connectivity index (χ0) is 26.3. The fourth-order valence-corrected chi connectivity index (χ4v) is 4.79. The van der Waals surface area contributed by atoms with Gasteiger partial charge in [-0.2, -0.15) is 0 Å². The van der Waals surface area contributed by atoms with Crippen molar-refractivity contribution in [2.45, 2.75) is 25.4 Å². The van der Waals surface area contributed by atoms with Crippen molar-refractivity contribution in [1.29, 1.82) is 0 Å². The van der Waals surface area contributed by atoms with Gasteiger partial charge in [0.25, 0.3) is 0 Å². The van der Waals surface area contributed by atoms with Crippen molar-refractivity contribution in [2.24, 2.45) is 0 Å². The number of ether oxygens (including phenoxy) is 3. The number of anilines is 2. The summed E-state index contributed by atoms with van der Waals surface area (Å²) >= 11 is 6.52. The van der Waals surface area contributed by atoms with Crippen LogP contribution in [-0.2, 0) is 4.74 Å². The average Bonchev–Trinajstić information content (AvgIpc) is 2.94. The van der Waals surface area contributed by atoms with Gasteiger partial charge in [-0.05, 0) is 24.6 Å². The van der Waals surface area contributed by atoms with Gasteiger partial charge in [0, 0.05) is 62.7 Å². The first-order chi connectivity index (χ1) is 18.5. The maximum absolute atomic E-state index is 11.1. The van der Waals surface area contributed by atoms with E-state index in [2.05, 4.69) is 25.2 Å². The summed E-state index contributed by atoms with van der Waals surface area (Å²) in [6.07, 6.45) is 4.35. The van der Waals surface area contributed by atoms with Crippen LogP contribution in [0.25, 0.3) is 10.9 Å². The predicted molar refractivity (Wildman–Crippen MR) is 143 cm³/mol. The monoisotopic (exact) mass is 542 g/mol. The summed E-state index contributed by atoms with van der Waals surface area (Å²) in [5.41, 5.74) is 1.44. The van der Waals surface area contributed by atoms with E-state index in [4.69, 9.17) is 30.9 Å². The van der Waals surface area contributed by atoms with Crippen LogP contribution in [0.2, 0.25) is 5.02 Å². The molecule has 38 heavy (non-hydrogen) atoms. The third kappa shape index (κ3) is 6.72. The van der Waals surface area contributed by atoms with Crippen molar-refractivity contribution in [3.05, 3.63) is 41.8 Å². The largest absolute Gasteiger partial charge is 0.489 e. The fourth-order valence-electron chi connectivity index (χ4n) is 4.56. The van der Waals surface area contributed by atoms with Gasteiger partial charge < -0.3 is 29.5 Å². The SMILES string of the molecule is O=C(O)N1CCC(Oc2ccc(Nc3ncnc4cnc(OCCCN5CCOCC5)cc34)cc2Cl)CC1. The lowest BCUT2D eigenvalue weighted by atomic mass is 10.1. The molecule has 5 rings (SSSR count). The number of amides is 1. The summed E-state index contributed by atoms with van der Waals surface area (Å²) in [6, 6.07) is 7.30. The smallest absolute Gasteiger partial charge is 0.407 e. The minimum atomic E-state index is -0.896. The Morgan fingerprint density at radius 2 is 1.95 bits per heavy atom. The minimum absolute atomic E-state index is 0.0764. The van der Waals surface area contributed by atoms with Crippen molar-refractivity contribution >= 4 is 40.1 Å². The predicted octanol–water partition coefficient (Wildman–Crippen LogP) is 4.04. The number of morpholine rings is 1. The van der Waals surface area contributed by atoms with Crippen LogP contribution in [0.3, 0.4) is 0 Å². The number of rotatable bonds is 9. The Kier molecular flexibility index (Phi) is 8.57. The lowest BCUT2D eigenvalue weighted by Crippen LogP contribution is -2.41. The van der Waals surface area contributed by atoms with Gasteiger partial charge in [0.15, 0.2) is 0 Å². The van der Waals surface area contributed by atoms with Gasteiger partial charge in [0.05, 0.1) is 36.6 Å². The zero-order valence-corrected chi connectivity index (χ0v) is 21.8. The molecule has 0 spiro atoms. The maximum Gasteiger partial charge on any atom is 0.407 e. The molecular weight excluding hydrogens is 512 g/mol. The van der Waals surface area contributed by atoms with E-state index in [1.165, 1.54) is 11.2 Å². The molecule has 3 aromatic rings. The highest BCUT2D eigenvalue weighted by Crippen LogP contribution is 2.32. The molecule has 0 unspecified atom stereocenters. The molecule has 1 aromatic carbocycles. The van der Waals surface area contributed by atoms with Crippen LogP contribution < -0.4 is 14.8 Å². The molecule has 11 nitrogen and oxygen atoms in total. The summed E-state index contributed by atoms with van der Waals surface area (Å²) in [7, 11) is 0. The van der Waals surface area contributed by atoms with E-state index in [0.717, 1.165) is 50.3 Å². The summed E-state index contributed by atoms with van der Waals surface area (Å²) in [5, 5.41) is 13.7. The number of benzene rings is 1. The van der Waals surface area contributed by atoms with Crippen LogP contribution in [0.4, 0.5) is 16.3 Å². The number of piperidine rings is 1. The molecule has 12 heteroatoms. The highest BCUT2D eigenvalue weighted by Gasteiger charge is 2.24. The normalized spacial score (nSPS) is 16.9. The Balaban J connectivity index is 1.20. The summed E-state index contributed by atoms with van der Waals surface area (Å²) in [5.74, 6) is 1.70. The molecule has 2 fully saturated rings. The Morgan fingerprint density at radius 1 is 1.13 bits per heavy atom. The number of likely N-dealkylation sites (tertiary alicyclic amines) is 1. The second kappa shape index (κ2) is 12.4. The van der Waals surface area contributed by atoms with Gasteiger partial charge in [-0.3, -0.25) is 4.90 Å². The van der Waals surface area contributed by atoms with Crippen LogP contribution in [-0.4, -0.2) is 94.6 Å². The van der Waals surface area contributed by atoms with Crippen molar-refractivity contribution in [2.75, 3.05) is 57.9 Å². The van der Waals surface area contributed by atoms with Gasteiger partial charge >= 0.3 is 6.09 Å². The number of nitrogens with one attached hydrogen (secondary N) is 1. The average molecular weight is 543 g/mol. The summed E-state index contributed by atoms with van der Waals surface area (Å²) in [6.45, 7) is 5.94. The highest BCUT2D eigenvalue weighted by molar-refractivity contribution is 6.32. The first kappa shape index (κ1) is 26.2. The Bertz CT molecular complexity index is 1250.